The van der Waals surface area contributed by atoms with Gasteiger partial charge in [-0.2, -0.15) is 0 Å². The van der Waals surface area contributed by atoms with Crippen LogP contribution >= 0.6 is 0 Å². The molecule has 0 spiro atoms. The summed E-state index contributed by atoms with van der Waals surface area (Å²) in [4.78, 5) is 12.4. The number of rotatable bonds is 4. The maximum absolute atomic E-state index is 12.4. The van der Waals surface area contributed by atoms with Gasteiger partial charge in [0.25, 0.3) is 0 Å². The third-order valence-electron chi connectivity index (χ3n) is 4.94. The molecule has 2 rings (SSSR count). The molecule has 1 saturated carbocycles. The fourth-order valence-electron chi connectivity index (χ4n) is 3.79. The summed E-state index contributed by atoms with van der Waals surface area (Å²) in [5.41, 5.74) is 6.96. The van der Waals surface area contributed by atoms with Gasteiger partial charge in [-0.3, -0.25) is 4.79 Å². The predicted molar refractivity (Wildman–Crippen MR) is 84.2 cm³/mol. The molecule has 1 fully saturated rings. The van der Waals surface area contributed by atoms with E-state index < -0.39 is 0 Å². The largest absolute Gasteiger partial charge is 0.496 e. The SMILES string of the molecule is COc1ccccc1CC(=O)NC1C(C)(C)C(N)C1(C)C. The maximum Gasteiger partial charge on any atom is 0.224 e. The second-order valence-electron chi connectivity index (χ2n) is 7.11. The van der Waals surface area contributed by atoms with Crippen molar-refractivity contribution in [3.63, 3.8) is 0 Å². The van der Waals surface area contributed by atoms with Crippen LogP contribution in [-0.2, 0) is 11.2 Å². The van der Waals surface area contributed by atoms with Crippen molar-refractivity contribution in [3.8, 4) is 5.75 Å². The van der Waals surface area contributed by atoms with Crippen LogP contribution in [0, 0.1) is 10.8 Å². The summed E-state index contributed by atoms with van der Waals surface area (Å²) in [6.45, 7) is 8.43. The van der Waals surface area contributed by atoms with Crippen LogP contribution in [0.1, 0.15) is 33.3 Å². The lowest BCUT2D eigenvalue weighted by Crippen LogP contribution is -2.76. The van der Waals surface area contributed by atoms with Crippen LogP contribution in [0.3, 0.4) is 0 Å². The smallest absolute Gasteiger partial charge is 0.224 e. The van der Waals surface area contributed by atoms with Crippen molar-refractivity contribution in [2.45, 2.75) is 46.2 Å². The van der Waals surface area contributed by atoms with Gasteiger partial charge in [0.05, 0.1) is 13.5 Å². The number of nitrogens with one attached hydrogen (secondary N) is 1. The zero-order chi connectivity index (χ0) is 15.8. The maximum atomic E-state index is 12.4. The molecule has 3 N–H and O–H groups in total. The van der Waals surface area contributed by atoms with E-state index in [9.17, 15) is 4.79 Å². The summed E-state index contributed by atoms with van der Waals surface area (Å²) >= 11 is 0. The van der Waals surface area contributed by atoms with Crippen LogP contribution in [-0.4, -0.2) is 25.1 Å². The number of methoxy groups -OCH3 is 1. The molecule has 0 saturated heterocycles. The fraction of sp³-hybridized carbons (Fsp3) is 0.588. The molecule has 0 aliphatic heterocycles. The van der Waals surface area contributed by atoms with Gasteiger partial charge < -0.3 is 15.8 Å². The molecule has 4 heteroatoms. The van der Waals surface area contributed by atoms with Crippen LogP contribution in [0.5, 0.6) is 5.75 Å². The first-order chi connectivity index (χ1) is 9.71. The first kappa shape index (κ1) is 15.8. The first-order valence-corrected chi connectivity index (χ1v) is 7.38. The number of hydrogen-bond donors (Lipinski definition) is 2. The third kappa shape index (κ3) is 2.64. The minimum Gasteiger partial charge on any atom is -0.496 e. The number of benzene rings is 1. The summed E-state index contributed by atoms with van der Waals surface area (Å²) < 4.78 is 5.29. The van der Waals surface area contributed by atoms with Gasteiger partial charge in [0.1, 0.15) is 5.75 Å². The predicted octanol–water partition coefficient (Wildman–Crippen LogP) is 2.12. The van der Waals surface area contributed by atoms with Crippen molar-refractivity contribution in [3.05, 3.63) is 29.8 Å². The van der Waals surface area contributed by atoms with Gasteiger partial charge in [-0.25, -0.2) is 0 Å². The van der Waals surface area contributed by atoms with Gasteiger partial charge in [0, 0.05) is 28.5 Å². The number of carbonyl (C=O) groups excluding carboxylic acids is 1. The van der Waals surface area contributed by atoms with E-state index in [2.05, 4.69) is 33.0 Å². The minimum absolute atomic E-state index is 0.0116. The molecule has 0 aromatic heterocycles. The normalized spacial score (nSPS) is 25.8. The molecule has 116 valence electrons. The highest BCUT2D eigenvalue weighted by molar-refractivity contribution is 5.80. The highest BCUT2D eigenvalue weighted by atomic mass is 16.5. The van der Waals surface area contributed by atoms with Crippen molar-refractivity contribution in [2.75, 3.05) is 7.11 Å². The number of nitrogens with two attached hydrogens (primary N) is 1. The summed E-state index contributed by atoms with van der Waals surface area (Å²) in [6.07, 6.45) is 0.321. The van der Waals surface area contributed by atoms with E-state index in [1.807, 2.05) is 24.3 Å². The summed E-state index contributed by atoms with van der Waals surface area (Å²) in [5, 5.41) is 3.15. The number of hydrogen-bond acceptors (Lipinski definition) is 3. The average Bonchev–Trinajstić information content (AvgIpc) is 2.44. The summed E-state index contributed by atoms with van der Waals surface area (Å²) in [6, 6.07) is 7.77. The second-order valence-corrected chi connectivity index (χ2v) is 7.11. The van der Waals surface area contributed by atoms with Crippen molar-refractivity contribution in [2.24, 2.45) is 16.6 Å². The van der Waals surface area contributed by atoms with Gasteiger partial charge in [-0.15, -0.1) is 0 Å². The Kier molecular flexibility index (Phi) is 4.02. The van der Waals surface area contributed by atoms with E-state index in [-0.39, 0.29) is 28.8 Å². The van der Waals surface area contributed by atoms with Gasteiger partial charge >= 0.3 is 0 Å². The molecule has 4 nitrogen and oxygen atoms in total. The van der Waals surface area contributed by atoms with Crippen LogP contribution in [0.25, 0.3) is 0 Å². The van der Waals surface area contributed by atoms with Crippen molar-refractivity contribution in [1.82, 2.24) is 5.32 Å². The van der Waals surface area contributed by atoms with Crippen molar-refractivity contribution < 1.29 is 9.53 Å². The Morgan fingerprint density at radius 1 is 1.24 bits per heavy atom. The monoisotopic (exact) mass is 290 g/mol. The van der Waals surface area contributed by atoms with Crippen molar-refractivity contribution >= 4 is 5.91 Å². The quantitative estimate of drug-likeness (QED) is 0.892. The molecule has 1 aromatic rings. The Hall–Kier alpha value is -1.55. The van der Waals surface area contributed by atoms with Crippen LogP contribution in [0.2, 0.25) is 0 Å². The molecule has 1 aliphatic carbocycles. The molecular weight excluding hydrogens is 264 g/mol. The molecule has 0 unspecified atom stereocenters. The standard InChI is InChI=1S/C17H26N2O2/c1-16(2)14(18)17(3,4)15(16)19-13(20)10-11-8-6-7-9-12(11)21-5/h6-9,14-15H,10,18H2,1-5H3,(H,19,20). The summed E-state index contributed by atoms with van der Waals surface area (Å²) in [7, 11) is 1.62. The number of carbonyl (C=O) groups is 1. The molecule has 1 amide bonds. The fourth-order valence-corrected chi connectivity index (χ4v) is 3.79. The molecule has 1 aromatic carbocycles. The summed E-state index contributed by atoms with van der Waals surface area (Å²) in [5.74, 6) is 0.758. The van der Waals surface area contributed by atoms with E-state index >= 15 is 0 Å². The number of amides is 1. The van der Waals surface area contributed by atoms with Gasteiger partial charge in [0.15, 0.2) is 0 Å². The molecule has 1 aliphatic rings. The van der Waals surface area contributed by atoms with E-state index in [0.29, 0.717) is 6.42 Å². The molecule has 21 heavy (non-hydrogen) atoms. The Morgan fingerprint density at radius 2 is 1.81 bits per heavy atom. The average molecular weight is 290 g/mol. The number of ether oxygens (including phenoxy) is 1. The number of para-hydroxylation sites is 1. The topological polar surface area (TPSA) is 64.3 Å². The van der Waals surface area contributed by atoms with E-state index in [0.717, 1.165) is 11.3 Å². The lowest BCUT2D eigenvalue weighted by molar-refractivity contribution is -0.131. The van der Waals surface area contributed by atoms with Crippen LogP contribution in [0.4, 0.5) is 0 Å². The van der Waals surface area contributed by atoms with Gasteiger partial charge in [0.2, 0.25) is 5.91 Å². The minimum atomic E-state index is -0.0834. The Labute approximate surface area is 127 Å². The van der Waals surface area contributed by atoms with Gasteiger partial charge in [-0.05, 0) is 6.07 Å². The zero-order valence-electron chi connectivity index (χ0n) is 13.6. The Bertz CT molecular complexity index is 521. The van der Waals surface area contributed by atoms with Crippen LogP contribution in [0.15, 0.2) is 24.3 Å². The first-order valence-electron chi connectivity index (χ1n) is 7.38. The Morgan fingerprint density at radius 3 is 2.38 bits per heavy atom. The highest BCUT2D eigenvalue weighted by Crippen LogP contribution is 2.52. The molecule has 0 radical (unpaired) electrons. The van der Waals surface area contributed by atoms with E-state index in [4.69, 9.17) is 10.5 Å². The molecule has 0 atom stereocenters. The lowest BCUT2D eigenvalue weighted by atomic mass is 9.48. The molecular formula is C17H26N2O2. The van der Waals surface area contributed by atoms with E-state index in [1.165, 1.54) is 0 Å². The van der Waals surface area contributed by atoms with Gasteiger partial charge in [-0.1, -0.05) is 45.9 Å². The Balaban J connectivity index is 2.06. The third-order valence-corrected chi connectivity index (χ3v) is 4.94. The highest BCUT2D eigenvalue weighted by Gasteiger charge is 2.60. The lowest BCUT2D eigenvalue weighted by Gasteiger charge is -2.62. The second kappa shape index (κ2) is 5.34. The molecule has 0 heterocycles. The van der Waals surface area contributed by atoms with Crippen molar-refractivity contribution in [1.29, 1.82) is 0 Å². The van der Waals surface area contributed by atoms with Crippen LogP contribution < -0.4 is 15.8 Å². The molecule has 0 bridgehead atoms. The van der Waals surface area contributed by atoms with E-state index in [1.54, 1.807) is 7.11 Å². The zero-order valence-corrected chi connectivity index (χ0v) is 13.6.